The van der Waals surface area contributed by atoms with Crippen molar-refractivity contribution in [2.75, 3.05) is 32.9 Å². The minimum atomic E-state index is -0.528. The maximum absolute atomic E-state index is 10.0. The number of rotatable bonds is 11. The van der Waals surface area contributed by atoms with E-state index in [2.05, 4.69) is 22.4 Å². The number of hydrogen-bond acceptors (Lipinski definition) is 5. The summed E-state index contributed by atoms with van der Waals surface area (Å²) in [7, 11) is 0. The number of aliphatic hydroxyl groups excluding tert-OH is 1. The van der Waals surface area contributed by atoms with Gasteiger partial charge >= 0.3 is 0 Å². The van der Waals surface area contributed by atoms with Crippen LogP contribution in [0, 0.1) is 0 Å². The number of hydrogen-bond donors (Lipinski definition) is 2. The van der Waals surface area contributed by atoms with Crippen LogP contribution in [0.3, 0.4) is 0 Å². The second kappa shape index (κ2) is 10.8. The van der Waals surface area contributed by atoms with Gasteiger partial charge in [0.1, 0.15) is 12.4 Å². The molecule has 0 spiro atoms. The Balaban J connectivity index is 1.63. The Morgan fingerprint density at radius 2 is 2.00 bits per heavy atom. The standard InChI is InChI=1S/C19H26N2O3/c1-2-23-12-13-24-18-7-5-16(6-8-18)9-11-21-15-19(22)17-4-3-10-20-14-17/h3-8,10,14,19,21-22H,2,9,11-13,15H2,1H3. The first-order valence-corrected chi connectivity index (χ1v) is 8.37. The lowest BCUT2D eigenvalue weighted by Gasteiger charge is -2.12. The summed E-state index contributed by atoms with van der Waals surface area (Å²) in [5, 5.41) is 13.3. The van der Waals surface area contributed by atoms with Gasteiger partial charge in [0.15, 0.2) is 0 Å². The quantitative estimate of drug-likeness (QED) is 0.619. The van der Waals surface area contributed by atoms with Gasteiger partial charge in [0.2, 0.25) is 0 Å². The third-order valence-electron chi connectivity index (χ3n) is 3.62. The van der Waals surface area contributed by atoms with Gasteiger partial charge < -0.3 is 19.9 Å². The van der Waals surface area contributed by atoms with Crippen LogP contribution < -0.4 is 10.1 Å². The minimum Gasteiger partial charge on any atom is -0.491 e. The monoisotopic (exact) mass is 330 g/mol. The Hall–Kier alpha value is -1.95. The normalized spacial score (nSPS) is 12.1. The van der Waals surface area contributed by atoms with E-state index in [4.69, 9.17) is 9.47 Å². The zero-order chi connectivity index (χ0) is 17.0. The van der Waals surface area contributed by atoms with Gasteiger partial charge in [-0.05, 0) is 43.7 Å². The van der Waals surface area contributed by atoms with Crippen LogP contribution >= 0.6 is 0 Å². The molecule has 0 saturated heterocycles. The highest BCUT2D eigenvalue weighted by atomic mass is 16.5. The van der Waals surface area contributed by atoms with Gasteiger partial charge in [-0.3, -0.25) is 4.98 Å². The van der Waals surface area contributed by atoms with Gasteiger partial charge in [-0.25, -0.2) is 0 Å². The van der Waals surface area contributed by atoms with Gasteiger partial charge in [0.05, 0.1) is 12.7 Å². The summed E-state index contributed by atoms with van der Waals surface area (Å²) >= 11 is 0. The smallest absolute Gasteiger partial charge is 0.119 e. The van der Waals surface area contributed by atoms with Crippen molar-refractivity contribution >= 4 is 0 Å². The van der Waals surface area contributed by atoms with E-state index in [-0.39, 0.29) is 0 Å². The van der Waals surface area contributed by atoms with Crippen LogP contribution in [0.25, 0.3) is 0 Å². The number of aliphatic hydroxyl groups is 1. The van der Waals surface area contributed by atoms with Gasteiger partial charge in [-0.2, -0.15) is 0 Å². The molecule has 24 heavy (non-hydrogen) atoms. The number of aromatic nitrogens is 1. The molecule has 0 aliphatic rings. The van der Waals surface area contributed by atoms with Crippen molar-refractivity contribution in [3.05, 3.63) is 59.9 Å². The van der Waals surface area contributed by atoms with E-state index in [0.29, 0.717) is 26.4 Å². The van der Waals surface area contributed by atoms with Crippen molar-refractivity contribution in [2.45, 2.75) is 19.4 Å². The molecule has 0 bridgehead atoms. The molecule has 2 rings (SSSR count). The fourth-order valence-corrected chi connectivity index (χ4v) is 2.28. The van der Waals surface area contributed by atoms with Crippen molar-refractivity contribution in [3.63, 3.8) is 0 Å². The third kappa shape index (κ3) is 6.66. The Labute approximate surface area is 143 Å². The maximum Gasteiger partial charge on any atom is 0.119 e. The van der Waals surface area contributed by atoms with Crippen LogP contribution in [-0.2, 0) is 11.2 Å². The molecule has 5 nitrogen and oxygen atoms in total. The molecule has 2 aromatic rings. The molecule has 1 aromatic heterocycles. The fraction of sp³-hybridized carbons (Fsp3) is 0.421. The van der Waals surface area contributed by atoms with E-state index < -0.39 is 6.10 Å². The van der Waals surface area contributed by atoms with Gasteiger partial charge in [0, 0.05) is 31.1 Å². The summed E-state index contributed by atoms with van der Waals surface area (Å²) in [5.41, 5.74) is 2.06. The minimum absolute atomic E-state index is 0.518. The summed E-state index contributed by atoms with van der Waals surface area (Å²) < 4.78 is 10.8. The van der Waals surface area contributed by atoms with Gasteiger partial charge in [0.25, 0.3) is 0 Å². The molecular formula is C19H26N2O3. The highest BCUT2D eigenvalue weighted by Gasteiger charge is 2.06. The summed E-state index contributed by atoms with van der Waals surface area (Å²) in [6.07, 6.45) is 3.77. The topological polar surface area (TPSA) is 63.6 Å². The molecule has 0 aliphatic heterocycles. The molecular weight excluding hydrogens is 304 g/mol. The number of pyridine rings is 1. The van der Waals surface area contributed by atoms with Gasteiger partial charge in [-0.15, -0.1) is 0 Å². The molecule has 5 heteroatoms. The van der Waals surface area contributed by atoms with Crippen molar-refractivity contribution in [3.8, 4) is 5.75 Å². The van der Waals surface area contributed by atoms with Crippen LogP contribution in [0.1, 0.15) is 24.2 Å². The fourth-order valence-electron chi connectivity index (χ4n) is 2.28. The van der Waals surface area contributed by atoms with Crippen molar-refractivity contribution in [2.24, 2.45) is 0 Å². The average molecular weight is 330 g/mol. The molecule has 2 N–H and O–H groups in total. The molecule has 130 valence electrons. The number of nitrogens with zero attached hydrogens (tertiary/aromatic N) is 1. The van der Waals surface area contributed by atoms with E-state index >= 15 is 0 Å². The molecule has 0 saturated carbocycles. The summed E-state index contributed by atoms with van der Waals surface area (Å²) in [6.45, 7) is 5.19. The lowest BCUT2D eigenvalue weighted by molar-refractivity contribution is 0.110. The van der Waals surface area contributed by atoms with Crippen LogP contribution in [0.15, 0.2) is 48.8 Å². The lowest BCUT2D eigenvalue weighted by Crippen LogP contribution is -2.23. The molecule has 1 unspecified atom stereocenters. The molecule has 0 amide bonds. The largest absolute Gasteiger partial charge is 0.491 e. The second-order valence-corrected chi connectivity index (χ2v) is 5.45. The number of benzene rings is 1. The number of nitrogens with one attached hydrogen (secondary N) is 1. The molecule has 0 aliphatic carbocycles. The first-order valence-electron chi connectivity index (χ1n) is 8.37. The third-order valence-corrected chi connectivity index (χ3v) is 3.62. The van der Waals surface area contributed by atoms with Gasteiger partial charge in [-0.1, -0.05) is 18.2 Å². The van der Waals surface area contributed by atoms with Crippen molar-refractivity contribution in [1.82, 2.24) is 10.3 Å². The first kappa shape index (κ1) is 18.4. The van der Waals surface area contributed by atoms with Crippen molar-refractivity contribution < 1.29 is 14.6 Å². The molecule has 1 heterocycles. The van der Waals surface area contributed by atoms with E-state index in [0.717, 1.165) is 24.3 Å². The zero-order valence-corrected chi connectivity index (χ0v) is 14.1. The predicted molar refractivity (Wildman–Crippen MR) is 94.2 cm³/mol. The predicted octanol–water partition coefficient (Wildman–Crippen LogP) is 2.36. The van der Waals surface area contributed by atoms with Crippen molar-refractivity contribution in [1.29, 1.82) is 0 Å². The van der Waals surface area contributed by atoms with Crippen LogP contribution in [0.5, 0.6) is 5.75 Å². The second-order valence-electron chi connectivity index (χ2n) is 5.45. The Morgan fingerprint density at radius 3 is 2.71 bits per heavy atom. The molecule has 0 fully saturated rings. The Bertz CT molecular complexity index is 561. The molecule has 1 atom stereocenters. The number of ether oxygens (including phenoxy) is 2. The highest BCUT2D eigenvalue weighted by Crippen LogP contribution is 2.13. The Kier molecular flexibility index (Phi) is 8.24. The zero-order valence-electron chi connectivity index (χ0n) is 14.1. The summed E-state index contributed by atoms with van der Waals surface area (Å²) in [5.74, 6) is 0.860. The average Bonchev–Trinajstić information content (AvgIpc) is 2.64. The van der Waals surface area contributed by atoms with Crippen LogP contribution in [0.2, 0.25) is 0 Å². The van der Waals surface area contributed by atoms with E-state index in [1.807, 2.05) is 31.2 Å². The van der Waals surface area contributed by atoms with Crippen LogP contribution in [0.4, 0.5) is 0 Å². The first-order chi connectivity index (χ1) is 11.8. The van der Waals surface area contributed by atoms with E-state index in [1.54, 1.807) is 12.4 Å². The lowest BCUT2D eigenvalue weighted by atomic mass is 10.1. The molecule has 0 radical (unpaired) electrons. The highest BCUT2D eigenvalue weighted by molar-refractivity contribution is 5.27. The summed E-state index contributed by atoms with van der Waals surface area (Å²) in [4.78, 5) is 4.01. The maximum atomic E-state index is 10.0. The van der Waals surface area contributed by atoms with Crippen LogP contribution in [-0.4, -0.2) is 43.0 Å². The summed E-state index contributed by atoms with van der Waals surface area (Å²) in [6, 6.07) is 11.8. The SMILES string of the molecule is CCOCCOc1ccc(CCNCC(O)c2cccnc2)cc1. The van der Waals surface area contributed by atoms with E-state index in [9.17, 15) is 5.11 Å². The Morgan fingerprint density at radius 1 is 1.17 bits per heavy atom. The van der Waals surface area contributed by atoms with E-state index in [1.165, 1.54) is 5.56 Å². The molecule has 1 aromatic carbocycles.